The quantitative estimate of drug-likeness (QED) is 0.884. The average Bonchev–Trinajstić information content (AvgIpc) is 2.27. The largest absolute Gasteiger partial charge is 0.444 e. The first kappa shape index (κ1) is 16.2. The van der Waals surface area contributed by atoms with Gasteiger partial charge in [-0.1, -0.05) is 24.3 Å². The minimum absolute atomic E-state index is 0.00133. The first-order chi connectivity index (χ1) is 9.17. The fraction of sp³-hybridized carbons (Fsp3) is 0.438. The number of carbonyl (C=O) groups is 1. The number of amides is 1. The van der Waals surface area contributed by atoms with Crippen molar-refractivity contribution in [3.8, 4) is 0 Å². The Bertz CT molecular complexity index is 500. The van der Waals surface area contributed by atoms with Crippen LogP contribution in [0.5, 0.6) is 0 Å². The van der Waals surface area contributed by atoms with Gasteiger partial charge in [0.2, 0.25) is 0 Å². The molecular formula is C16H24N2O2. The average molecular weight is 276 g/mol. The summed E-state index contributed by atoms with van der Waals surface area (Å²) in [6.45, 7) is 9.35. The highest BCUT2D eigenvalue weighted by Gasteiger charge is 2.16. The van der Waals surface area contributed by atoms with E-state index in [1.807, 2.05) is 65.0 Å². The molecule has 1 amide bonds. The van der Waals surface area contributed by atoms with Crippen molar-refractivity contribution in [3.05, 3.63) is 35.4 Å². The molecular weight excluding hydrogens is 252 g/mol. The molecule has 1 unspecified atom stereocenters. The maximum absolute atomic E-state index is 11.8. The summed E-state index contributed by atoms with van der Waals surface area (Å²) in [7, 11) is 0. The highest BCUT2D eigenvalue weighted by molar-refractivity contribution is 5.86. The number of nitrogens with two attached hydrogens (primary N) is 1. The molecule has 110 valence electrons. The second-order valence-corrected chi connectivity index (χ2v) is 5.92. The summed E-state index contributed by atoms with van der Waals surface area (Å²) >= 11 is 0. The number of ether oxygens (including phenoxy) is 1. The van der Waals surface area contributed by atoms with Gasteiger partial charge >= 0.3 is 6.09 Å². The second-order valence-electron chi connectivity index (χ2n) is 5.92. The van der Waals surface area contributed by atoms with Crippen molar-refractivity contribution in [1.82, 2.24) is 0 Å². The Kier molecular flexibility index (Phi) is 5.34. The van der Waals surface area contributed by atoms with Crippen LogP contribution < -0.4 is 11.1 Å². The third kappa shape index (κ3) is 5.89. The van der Waals surface area contributed by atoms with Gasteiger partial charge in [-0.2, -0.15) is 0 Å². The van der Waals surface area contributed by atoms with Crippen LogP contribution >= 0.6 is 0 Å². The molecule has 0 aromatic heterocycles. The standard InChI is InChI=1S/C16H24N2O2/c1-11-6-8-13(9-7-12(2)17)10-14(11)18-15(19)20-16(3,4)5/h6-10,12H,17H2,1-5H3,(H,18,19)/b9-7+. The molecule has 4 heteroatoms. The monoisotopic (exact) mass is 276 g/mol. The zero-order valence-corrected chi connectivity index (χ0v) is 12.9. The van der Waals surface area contributed by atoms with Crippen molar-refractivity contribution >= 4 is 17.9 Å². The number of hydrogen-bond donors (Lipinski definition) is 2. The van der Waals surface area contributed by atoms with Gasteiger partial charge in [0.15, 0.2) is 0 Å². The van der Waals surface area contributed by atoms with E-state index in [0.717, 1.165) is 16.8 Å². The molecule has 1 aromatic carbocycles. The molecule has 0 aliphatic rings. The van der Waals surface area contributed by atoms with Crippen LogP contribution in [0.2, 0.25) is 0 Å². The van der Waals surface area contributed by atoms with Gasteiger partial charge < -0.3 is 10.5 Å². The summed E-state index contributed by atoms with van der Waals surface area (Å²) in [5, 5.41) is 2.77. The second kappa shape index (κ2) is 6.57. The molecule has 0 saturated carbocycles. The van der Waals surface area contributed by atoms with E-state index in [2.05, 4.69) is 5.32 Å². The van der Waals surface area contributed by atoms with Crippen molar-refractivity contribution in [2.24, 2.45) is 5.73 Å². The van der Waals surface area contributed by atoms with Crippen LogP contribution in [-0.2, 0) is 4.74 Å². The summed E-state index contributed by atoms with van der Waals surface area (Å²) in [6, 6.07) is 5.83. The lowest BCUT2D eigenvalue weighted by atomic mass is 10.1. The molecule has 20 heavy (non-hydrogen) atoms. The third-order valence-electron chi connectivity index (χ3n) is 2.49. The van der Waals surface area contributed by atoms with Crippen LogP contribution in [0.1, 0.15) is 38.8 Å². The number of anilines is 1. The molecule has 0 aliphatic heterocycles. The number of benzene rings is 1. The van der Waals surface area contributed by atoms with E-state index in [1.54, 1.807) is 0 Å². The Labute approximate surface area is 121 Å². The number of hydrogen-bond acceptors (Lipinski definition) is 3. The van der Waals surface area contributed by atoms with Gasteiger partial charge in [0.05, 0.1) is 0 Å². The SMILES string of the molecule is Cc1ccc(/C=C/C(C)N)cc1NC(=O)OC(C)(C)C. The van der Waals surface area contributed by atoms with Crippen LogP contribution in [0.15, 0.2) is 24.3 Å². The maximum Gasteiger partial charge on any atom is 0.412 e. The van der Waals surface area contributed by atoms with Crippen LogP contribution in [-0.4, -0.2) is 17.7 Å². The van der Waals surface area contributed by atoms with Gasteiger partial charge in [0.1, 0.15) is 5.60 Å². The lowest BCUT2D eigenvalue weighted by molar-refractivity contribution is 0.0636. The Morgan fingerprint density at radius 3 is 2.60 bits per heavy atom. The third-order valence-corrected chi connectivity index (χ3v) is 2.49. The summed E-state index contributed by atoms with van der Waals surface area (Å²) in [6.07, 6.45) is 3.39. The summed E-state index contributed by atoms with van der Waals surface area (Å²) in [5.74, 6) is 0. The summed E-state index contributed by atoms with van der Waals surface area (Å²) in [4.78, 5) is 11.8. The van der Waals surface area contributed by atoms with E-state index in [0.29, 0.717) is 0 Å². The molecule has 0 aliphatic carbocycles. The Balaban J connectivity index is 2.84. The van der Waals surface area contributed by atoms with E-state index in [1.165, 1.54) is 0 Å². The lowest BCUT2D eigenvalue weighted by Gasteiger charge is -2.20. The Hall–Kier alpha value is -1.81. The molecule has 0 bridgehead atoms. The maximum atomic E-state index is 11.8. The lowest BCUT2D eigenvalue weighted by Crippen LogP contribution is -2.27. The van der Waals surface area contributed by atoms with Crippen molar-refractivity contribution < 1.29 is 9.53 Å². The van der Waals surface area contributed by atoms with E-state index in [4.69, 9.17) is 10.5 Å². The highest BCUT2D eigenvalue weighted by Crippen LogP contribution is 2.19. The molecule has 1 aromatic rings. The van der Waals surface area contributed by atoms with Crippen LogP contribution in [0.4, 0.5) is 10.5 Å². The molecule has 0 saturated heterocycles. The van der Waals surface area contributed by atoms with Crippen LogP contribution in [0.25, 0.3) is 6.08 Å². The zero-order chi connectivity index (χ0) is 15.3. The highest BCUT2D eigenvalue weighted by atomic mass is 16.6. The fourth-order valence-corrected chi connectivity index (χ4v) is 1.55. The fourth-order valence-electron chi connectivity index (χ4n) is 1.55. The minimum atomic E-state index is -0.509. The van der Waals surface area contributed by atoms with Crippen LogP contribution in [0.3, 0.4) is 0 Å². The smallest absolute Gasteiger partial charge is 0.412 e. The molecule has 3 N–H and O–H groups in total. The van der Waals surface area contributed by atoms with Gasteiger partial charge in [-0.25, -0.2) is 4.79 Å². The molecule has 1 rings (SSSR count). The molecule has 4 nitrogen and oxygen atoms in total. The van der Waals surface area contributed by atoms with Crippen molar-refractivity contribution in [3.63, 3.8) is 0 Å². The predicted molar refractivity (Wildman–Crippen MR) is 83.7 cm³/mol. The molecule has 0 fully saturated rings. The van der Waals surface area contributed by atoms with E-state index >= 15 is 0 Å². The van der Waals surface area contributed by atoms with Gasteiger partial charge in [-0.15, -0.1) is 0 Å². The first-order valence-corrected chi connectivity index (χ1v) is 6.72. The van der Waals surface area contributed by atoms with Gasteiger partial charge in [0.25, 0.3) is 0 Å². The van der Waals surface area contributed by atoms with Crippen molar-refractivity contribution in [2.75, 3.05) is 5.32 Å². The molecule has 0 spiro atoms. The number of rotatable bonds is 3. The number of carbonyl (C=O) groups excluding carboxylic acids is 1. The van der Waals surface area contributed by atoms with Gasteiger partial charge in [-0.05, 0) is 51.8 Å². The molecule has 0 radical (unpaired) electrons. The predicted octanol–water partition coefficient (Wildman–Crippen LogP) is 3.70. The van der Waals surface area contributed by atoms with Gasteiger partial charge in [-0.3, -0.25) is 5.32 Å². The number of nitrogens with one attached hydrogen (secondary N) is 1. The first-order valence-electron chi connectivity index (χ1n) is 6.72. The molecule has 0 heterocycles. The molecule has 1 atom stereocenters. The van der Waals surface area contributed by atoms with Crippen LogP contribution in [0, 0.1) is 6.92 Å². The van der Waals surface area contributed by atoms with Crippen molar-refractivity contribution in [1.29, 1.82) is 0 Å². The summed E-state index contributed by atoms with van der Waals surface area (Å²) in [5.41, 5.74) is 7.88. The number of aryl methyl sites for hydroxylation is 1. The van der Waals surface area contributed by atoms with Gasteiger partial charge in [0, 0.05) is 11.7 Å². The normalized spacial score (nSPS) is 13.3. The zero-order valence-electron chi connectivity index (χ0n) is 12.9. The Morgan fingerprint density at radius 1 is 1.40 bits per heavy atom. The summed E-state index contributed by atoms with van der Waals surface area (Å²) < 4.78 is 5.25. The van der Waals surface area contributed by atoms with E-state index in [9.17, 15) is 4.79 Å². The van der Waals surface area contributed by atoms with Crippen molar-refractivity contribution in [2.45, 2.75) is 46.3 Å². The minimum Gasteiger partial charge on any atom is -0.444 e. The van der Waals surface area contributed by atoms with E-state index in [-0.39, 0.29) is 6.04 Å². The van der Waals surface area contributed by atoms with E-state index < -0.39 is 11.7 Å². The topological polar surface area (TPSA) is 64.3 Å². The Morgan fingerprint density at radius 2 is 2.05 bits per heavy atom.